The molecular formula is C18H13B2Br. The monoisotopic (exact) mass is 330 g/mol. The lowest BCUT2D eigenvalue weighted by atomic mass is 9.28. The topological polar surface area (TPSA) is 0 Å². The van der Waals surface area contributed by atoms with Crippen molar-refractivity contribution in [3.8, 4) is 0 Å². The molecule has 0 atom stereocenters. The highest BCUT2D eigenvalue weighted by Crippen LogP contribution is 2.04. The SMILES string of the molecule is BrB1c2ccccc2B(c2ccccc2)c2ccccc21. The third-order valence-corrected chi connectivity index (χ3v) is 5.28. The highest BCUT2D eigenvalue weighted by Gasteiger charge is 2.35. The maximum absolute atomic E-state index is 3.89. The Hall–Kier alpha value is -1.73. The average Bonchev–Trinajstić information content (AvgIpc) is 2.56. The third-order valence-electron chi connectivity index (χ3n) is 4.29. The van der Waals surface area contributed by atoms with Crippen LogP contribution in [0.3, 0.4) is 0 Å². The van der Waals surface area contributed by atoms with Gasteiger partial charge in [-0.1, -0.05) is 106 Å². The van der Waals surface area contributed by atoms with Crippen molar-refractivity contribution in [3.05, 3.63) is 78.9 Å². The lowest BCUT2D eigenvalue weighted by Crippen LogP contribution is -2.70. The Morgan fingerprint density at radius 1 is 0.524 bits per heavy atom. The molecular weight excluding hydrogens is 318 g/mol. The zero-order chi connectivity index (χ0) is 14.2. The van der Waals surface area contributed by atoms with Gasteiger partial charge < -0.3 is 0 Å². The van der Waals surface area contributed by atoms with Crippen LogP contribution in [0.5, 0.6) is 0 Å². The van der Waals surface area contributed by atoms with Gasteiger partial charge in [-0.2, -0.15) is 0 Å². The van der Waals surface area contributed by atoms with Crippen molar-refractivity contribution >= 4 is 55.3 Å². The van der Waals surface area contributed by atoms with E-state index in [4.69, 9.17) is 0 Å². The molecule has 1 aliphatic heterocycles. The van der Waals surface area contributed by atoms with Gasteiger partial charge in [-0.05, 0) is 0 Å². The average molecular weight is 331 g/mol. The molecule has 0 amide bonds. The van der Waals surface area contributed by atoms with Crippen LogP contribution in [0, 0.1) is 0 Å². The van der Waals surface area contributed by atoms with Crippen LogP contribution in [0.2, 0.25) is 0 Å². The number of hydrogen-bond acceptors (Lipinski definition) is 0. The highest BCUT2D eigenvalue weighted by atomic mass is 79.9. The van der Waals surface area contributed by atoms with Crippen LogP contribution in [-0.2, 0) is 0 Å². The van der Waals surface area contributed by atoms with E-state index in [0.29, 0.717) is 6.71 Å². The Kier molecular flexibility index (Phi) is 3.23. The van der Waals surface area contributed by atoms with Crippen molar-refractivity contribution < 1.29 is 0 Å². The van der Waals surface area contributed by atoms with Gasteiger partial charge in [-0.15, -0.1) is 15.8 Å². The summed E-state index contributed by atoms with van der Waals surface area (Å²) in [7, 11) is 0. The summed E-state index contributed by atoms with van der Waals surface area (Å²) in [6.07, 6.45) is 0. The first-order chi connectivity index (χ1) is 10.4. The van der Waals surface area contributed by atoms with Crippen molar-refractivity contribution in [3.63, 3.8) is 0 Å². The lowest BCUT2D eigenvalue weighted by Gasteiger charge is -2.28. The van der Waals surface area contributed by atoms with E-state index in [1.54, 1.807) is 0 Å². The standard InChI is InChI=1S/C18H13B2Br/c21-20-17-12-6-4-10-15(17)19(14-8-2-1-3-9-14)16-11-5-7-13-18(16)20/h1-13H. The van der Waals surface area contributed by atoms with E-state index in [0.717, 1.165) is 0 Å². The van der Waals surface area contributed by atoms with Gasteiger partial charge in [0.15, 0.2) is 0 Å². The third kappa shape index (κ3) is 2.08. The fraction of sp³-hybridized carbons (Fsp3) is 0. The van der Waals surface area contributed by atoms with Gasteiger partial charge in [0.2, 0.25) is 6.71 Å². The minimum atomic E-state index is 0.282. The van der Waals surface area contributed by atoms with Gasteiger partial charge >= 0.3 is 0 Å². The molecule has 21 heavy (non-hydrogen) atoms. The van der Waals surface area contributed by atoms with Crippen molar-refractivity contribution in [2.45, 2.75) is 0 Å². The van der Waals surface area contributed by atoms with Crippen LogP contribution in [-0.4, -0.2) is 12.2 Å². The minimum Gasteiger partial charge on any atom is -0.143 e. The van der Waals surface area contributed by atoms with Gasteiger partial charge in [0, 0.05) is 0 Å². The lowest BCUT2D eigenvalue weighted by molar-refractivity contribution is 1.73. The number of halogens is 1. The molecule has 98 valence electrons. The largest absolute Gasteiger partial charge is 0.286 e. The molecule has 4 rings (SSSR count). The fourth-order valence-corrected chi connectivity index (χ4v) is 4.18. The maximum atomic E-state index is 3.89. The molecule has 3 aromatic carbocycles. The summed E-state index contributed by atoms with van der Waals surface area (Å²) in [5.41, 5.74) is 7.21. The van der Waals surface area contributed by atoms with E-state index in [1.807, 2.05) is 0 Å². The number of rotatable bonds is 1. The molecule has 1 aliphatic rings. The fourth-order valence-electron chi connectivity index (χ4n) is 3.35. The quantitative estimate of drug-likeness (QED) is 0.584. The summed E-state index contributed by atoms with van der Waals surface area (Å²) < 4.78 is 0. The summed E-state index contributed by atoms with van der Waals surface area (Å²) in [4.78, 5) is 0. The Balaban J connectivity index is 2.01. The van der Waals surface area contributed by atoms with Crippen molar-refractivity contribution in [2.24, 2.45) is 0 Å². The first-order valence-corrected chi connectivity index (χ1v) is 8.14. The molecule has 0 bridgehead atoms. The summed E-state index contributed by atoms with van der Waals surface area (Å²) in [5.74, 6) is 0. The van der Waals surface area contributed by atoms with Gasteiger partial charge in [0.05, 0.1) is 0 Å². The van der Waals surface area contributed by atoms with Crippen molar-refractivity contribution in [2.75, 3.05) is 0 Å². The zero-order valence-electron chi connectivity index (χ0n) is 11.5. The Bertz CT molecular complexity index is 738. The predicted molar refractivity (Wildman–Crippen MR) is 97.9 cm³/mol. The molecule has 0 fully saturated rings. The number of benzene rings is 3. The van der Waals surface area contributed by atoms with Crippen molar-refractivity contribution in [1.82, 2.24) is 0 Å². The van der Waals surface area contributed by atoms with E-state index < -0.39 is 0 Å². The molecule has 0 unspecified atom stereocenters. The first kappa shape index (κ1) is 13.0. The minimum absolute atomic E-state index is 0.282. The van der Waals surface area contributed by atoms with Crippen LogP contribution in [0.15, 0.2) is 78.9 Å². The van der Waals surface area contributed by atoms with Gasteiger partial charge in [0.25, 0.3) is 5.54 Å². The molecule has 0 aliphatic carbocycles. The summed E-state index contributed by atoms with van der Waals surface area (Å²) in [6.45, 7) is 0.326. The van der Waals surface area contributed by atoms with Gasteiger partial charge in [-0.25, -0.2) is 0 Å². The Labute approximate surface area is 134 Å². The van der Waals surface area contributed by atoms with E-state index in [-0.39, 0.29) is 5.54 Å². The van der Waals surface area contributed by atoms with E-state index in [1.165, 1.54) is 27.3 Å². The normalized spacial score (nSPS) is 12.8. The molecule has 0 aromatic heterocycles. The van der Waals surface area contributed by atoms with Crippen LogP contribution in [0.1, 0.15) is 0 Å². The van der Waals surface area contributed by atoms with Crippen LogP contribution in [0.25, 0.3) is 0 Å². The summed E-state index contributed by atoms with van der Waals surface area (Å²) in [5, 5.41) is 0. The number of fused-ring (bicyclic) bond motifs is 2. The van der Waals surface area contributed by atoms with Crippen LogP contribution < -0.4 is 27.3 Å². The molecule has 0 saturated carbocycles. The molecule has 3 heteroatoms. The molecule has 0 radical (unpaired) electrons. The molecule has 0 N–H and O–H groups in total. The van der Waals surface area contributed by atoms with Gasteiger partial charge in [-0.3, -0.25) is 0 Å². The second-order valence-electron chi connectivity index (χ2n) is 5.46. The predicted octanol–water partition coefficient (Wildman–Crippen LogP) is 1.02. The molecule has 0 nitrogen and oxygen atoms in total. The van der Waals surface area contributed by atoms with Crippen LogP contribution >= 0.6 is 15.8 Å². The summed E-state index contributed by atoms with van der Waals surface area (Å²) in [6, 6.07) is 28.3. The van der Waals surface area contributed by atoms with E-state index in [2.05, 4.69) is 94.6 Å². The van der Waals surface area contributed by atoms with Crippen molar-refractivity contribution in [1.29, 1.82) is 0 Å². The molecule has 3 aromatic rings. The second kappa shape index (κ2) is 5.23. The zero-order valence-corrected chi connectivity index (χ0v) is 13.1. The smallest absolute Gasteiger partial charge is 0.143 e. The maximum Gasteiger partial charge on any atom is 0.286 e. The van der Waals surface area contributed by atoms with Crippen LogP contribution in [0.4, 0.5) is 0 Å². The van der Waals surface area contributed by atoms with E-state index >= 15 is 0 Å². The summed E-state index contributed by atoms with van der Waals surface area (Å²) >= 11 is 3.89. The molecule has 1 heterocycles. The van der Waals surface area contributed by atoms with E-state index in [9.17, 15) is 0 Å². The molecule has 0 saturated heterocycles. The Morgan fingerprint density at radius 2 is 0.952 bits per heavy atom. The Morgan fingerprint density at radius 3 is 1.48 bits per heavy atom. The first-order valence-electron chi connectivity index (χ1n) is 7.23. The number of hydrogen-bond donors (Lipinski definition) is 0. The molecule has 0 spiro atoms. The highest BCUT2D eigenvalue weighted by molar-refractivity contribution is 9.25. The second-order valence-corrected chi connectivity index (χ2v) is 6.38. The van der Waals surface area contributed by atoms with Gasteiger partial charge in [0.1, 0.15) is 0 Å².